The maximum Gasteiger partial charge on any atom is 0.232 e. The van der Waals surface area contributed by atoms with Gasteiger partial charge in [-0.05, 0) is 31.0 Å². The van der Waals surface area contributed by atoms with Crippen LogP contribution in [0, 0.1) is 11.7 Å². The molecule has 5 nitrogen and oxygen atoms in total. The monoisotopic (exact) mass is 336 g/mol. The maximum absolute atomic E-state index is 13.2. The molecule has 23 heavy (non-hydrogen) atoms. The van der Waals surface area contributed by atoms with Gasteiger partial charge in [-0.1, -0.05) is 11.6 Å². The third-order valence-electron chi connectivity index (χ3n) is 3.99. The number of Topliss-reactive ketones (excluding diaryl/α,β-unsaturated/α-hetero) is 1. The second-order valence-corrected chi connectivity index (χ2v) is 6.00. The lowest BCUT2D eigenvalue weighted by Gasteiger charge is -2.30. The smallest absolute Gasteiger partial charge is 0.232 e. The zero-order chi connectivity index (χ0) is 16.6. The van der Waals surface area contributed by atoms with E-state index in [4.69, 9.17) is 11.6 Å². The van der Waals surface area contributed by atoms with E-state index in [0.717, 1.165) is 6.07 Å². The van der Waals surface area contributed by atoms with Gasteiger partial charge >= 0.3 is 0 Å². The number of amides is 2. The molecule has 2 N–H and O–H groups in total. The summed E-state index contributed by atoms with van der Waals surface area (Å²) in [5.74, 6) is -2.27. The molecule has 2 aliphatic rings. The number of halogens is 2. The first-order valence-electron chi connectivity index (χ1n) is 7.27. The van der Waals surface area contributed by atoms with Crippen LogP contribution in [0.15, 0.2) is 29.5 Å². The number of hydrogen-bond acceptors (Lipinski definition) is 3. The quantitative estimate of drug-likeness (QED) is 0.871. The van der Waals surface area contributed by atoms with Crippen molar-refractivity contribution in [3.8, 4) is 0 Å². The van der Waals surface area contributed by atoms with E-state index in [-0.39, 0.29) is 23.1 Å². The summed E-state index contributed by atoms with van der Waals surface area (Å²) in [5, 5.41) is 5.17. The molecule has 1 aromatic carbocycles. The van der Waals surface area contributed by atoms with Crippen LogP contribution in [-0.2, 0) is 14.4 Å². The highest BCUT2D eigenvalue weighted by atomic mass is 35.5. The molecule has 120 valence electrons. The zero-order valence-corrected chi connectivity index (χ0v) is 12.9. The van der Waals surface area contributed by atoms with Crippen LogP contribution in [0.4, 0.5) is 10.1 Å². The van der Waals surface area contributed by atoms with E-state index in [0.29, 0.717) is 36.2 Å². The van der Waals surface area contributed by atoms with E-state index in [9.17, 15) is 18.8 Å². The third-order valence-corrected chi connectivity index (χ3v) is 4.28. The average molecular weight is 337 g/mol. The normalized spacial score (nSPS) is 20.9. The highest BCUT2D eigenvalue weighted by Gasteiger charge is 2.37. The molecule has 3 rings (SSSR count). The Morgan fingerprint density at radius 1 is 1.30 bits per heavy atom. The Morgan fingerprint density at radius 3 is 2.83 bits per heavy atom. The van der Waals surface area contributed by atoms with Gasteiger partial charge in [0.25, 0.3) is 0 Å². The lowest BCUT2D eigenvalue weighted by atomic mass is 9.81. The maximum atomic E-state index is 13.2. The topological polar surface area (TPSA) is 75.3 Å². The van der Waals surface area contributed by atoms with E-state index in [1.165, 1.54) is 12.1 Å². The zero-order valence-electron chi connectivity index (χ0n) is 12.1. The van der Waals surface area contributed by atoms with Crippen LogP contribution >= 0.6 is 11.6 Å². The predicted octanol–water partition coefficient (Wildman–Crippen LogP) is 2.56. The summed E-state index contributed by atoms with van der Waals surface area (Å²) in [6.07, 6.45) is 1.55. The molecule has 1 heterocycles. The minimum Gasteiger partial charge on any atom is -0.329 e. The van der Waals surface area contributed by atoms with Gasteiger partial charge in [0, 0.05) is 29.8 Å². The second kappa shape index (κ2) is 6.12. The molecule has 1 aliphatic carbocycles. The van der Waals surface area contributed by atoms with Crippen LogP contribution in [0.25, 0.3) is 0 Å². The molecule has 7 heteroatoms. The Bertz CT molecular complexity index is 745. The molecule has 0 aromatic heterocycles. The van der Waals surface area contributed by atoms with Gasteiger partial charge in [-0.25, -0.2) is 4.39 Å². The number of carbonyl (C=O) groups is 3. The van der Waals surface area contributed by atoms with Crippen molar-refractivity contribution in [3.05, 3.63) is 40.3 Å². The first-order valence-corrected chi connectivity index (χ1v) is 7.65. The lowest BCUT2D eigenvalue weighted by Crippen LogP contribution is -2.41. The molecular weight excluding hydrogens is 323 g/mol. The molecular formula is C16H14ClFN2O3. The predicted molar refractivity (Wildman–Crippen MR) is 82.2 cm³/mol. The van der Waals surface area contributed by atoms with Gasteiger partial charge in [0.1, 0.15) is 5.82 Å². The van der Waals surface area contributed by atoms with Crippen LogP contribution < -0.4 is 10.6 Å². The number of rotatable bonds is 2. The molecule has 1 atom stereocenters. The van der Waals surface area contributed by atoms with E-state index in [1.807, 2.05) is 0 Å². The summed E-state index contributed by atoms with van der Waals surface area (Å²) in [6, 6.07) is 3.80. The standard InChI is InChI=1S/C16H14ClFN2O3/c17-10-6-8(4-5-11(10)18)19-16(23)9-7-14(22)20-12-2-1-3-13(21)15(9)12/h4-6,9H,1-3,7H2,(H,19,23)(H,20,22). The number of anilines is 1. The van der Waals surface area contributed by atoms with Crippen molar-refractivity contribution in [1.29, 1.82) is 0 Å². The summed E-state index contributed by atoms with van der Waals surface area (Å²) in [5.41, 5.74) is 1.26. The molecule has 0 saturated carbocycles. The van der Waals surface area contributed by atoms with Gasteiger partial charge in [0.2, 0.25) is 11.8 Å². The minimum absolute atomic E-state index is 0.0780. The van der Waals surface area contributed by atoms with Gasteiger partial charge in [-0.3, -0.25) is 14.4 Å². The number of nitrogens with one attached hydrogen (secondary N) is 2. The third kappa shape index (κ3) is 3.12. The largest absolute Gasteiger partial charge is 0.329 e. The Morgan fingerprint density at radius 2 is 2.09 bits per heavy atom. The van der Waals surface area contributed by atoms with Gasteiger partial charge in [-0.15, -0.1) is 0 Å². The average Bonchev–Trinajstić information content (AvgIpc) is 2.50. The van der Waals surface area contributed by atoms with Crippen molar-refractivity contribution < 1.29 is 18.8 Å². The van der Waals surface area contributed by atoms with Crippen molar-refractivity contribution in [2.75, 3.05) is 5.32 Å². The van der Waals surface area contributed by atoms with Gasteiger partial charge < -0.3 is 10.6 Å². The molecule has 2 amide bonds. The highest BCUT2D eigenvalue weighted by Crippen LogP contribution is 2.32. The van der Waals surface area contributed by atoms with Crippen molar-refractivity contribution in [2.24, 2.45) is 5.92 Å². The number of ketones is 1. The Balaban J connectivity index is 1.86. The van der Waals surface area contributed by atoms with Crippen LogP contribution in [0.3, 0.4) is 0 Å². The fourth-order valence-electron chi connectivity index (χ4n) is 2.93. The molecule has 0 fully saturated rings. The summed E-state index contributed by atoms with van der Waals surface area (Å²) < 4.78 is 13.2. The van der Waals surface area contributed by atoms with Crippen molar-refractivity contribution in [1.82, 2.24) is 5.32 Å². The van der Waals surface area contributed by atoms with E-state index >= 15 is 0 Å². The fourth-order valence-corrected chi connectivity index (χ4v) is 3.11. The lowest BCUT2D eigenvalue weighted by molar-refractivity contribution is -0.128. The minimum atomic E-state index is -0.824. The number of benzene rings is 1. The molecule has 1 aromatic rings. The summed E-state index contributed by atoms with van der Waals surface area (Å²) in [4.78, 5) is 36.4. The SMILES string of the molecule is O=C1CC(C(=O)Nc2ccc(F)c(Cl)c2)C2=C(CCCC2=O)N1. The van der Waals surface area contributed by atoms with Gasteiger partial charge in [0.05, 0.1) is 10.9 Å². The van der Waals surface area contributed by atoms with Crippen LogP contribution in [0.2, 0.25) is 5.02 Å². The molecule has 0 spiro atoms. The second-order valence-electron chi connectivity index (χ2n) is 5.59. The van der Waals surface area contributed by atoms with Gasteiger partial charge in [0.15, 0.2) is 5.78 Å². The highest BCUT2D eigenvalue weighted by molar-refractivity contribution is 6.31. The van der Waals surface area contributed by atoms with Crippen LogP contribution in [-0.4, -0.2) is 17.6 Å². The van der Waals surface area contributed by atoms with Crippen LogP contribution in [0.1, 0.15) is 25.7 Å². The molecule has 0 radical (unpaired) electrons. The van der Waals surface area contributed by atoms with Crippen molar-refractivity contribution in [3.63, 3.8) is 0 Å². The summed E-state index contributed by atoms with van der Waals surface area (Å²) in [7, 11) is 0. The fraction of sp³-hybridized carbons (Fsp3) is 0.312. The molecule has 0 bridgehead atoms. The van der Waals surface area contributed by atoms with E-state index in [1.54, 1.807) is 0 Å². The molecule has 1 unspecified atom stereocenters. The molecule has 0 saturated heterocycles. The molecule has 1 aliphatic heterocycles. The van der Waals surface area contributed by atoms with Crippen molar-refractivity contribution >= 4 is 34.9 Å². The Kier molecular flexibility index (Phi) is 4.17. The van der Waals surface area contributed by atoms with E-state index in [2.05, 4.69) is 10.6 Å². The first kappa shape index (κ1) is 15.7. The first-order chi connectivity index (χ1) is 11.0. The number of carbonyl (C=O) groups excluding carboxylic acids is 3. The Labute approximate surface area is 136 Å². The number of hydrogen-bond donors (Lipinski definition) is 2. The summed E-state index contributed by atoms with van der Waals surface area (Å²) >= 11 is 5.69. The Hall–Kier alpha value is -2.21. The number of allylic oxidation sites excluding steroid dienone is 1. The van der Waals surface area contributed by atoms with E-state index < -0.39 is 17.6 Å². The van der Waals surface area contributed by atoms with Crippen LogP contribution in [0.5, 0.6) is 0 Å². The van der Waals surface area contributed by atoms with Gasteiger partial charge in [-0.2, -0.15) is 0 Å². The summed E-state index contributed by atoms with van der Waals surface area (Å²) in [6.45, 7) is 0. The van der Waals surface area contributed by atoms with Crippen molar-refractivity contribution in [2.45, 2.75) is 25.7 Å².